The fourth-order valence-electron chi connectivity index (χ4n) is 2.91. The molecule has 3 rings (SSSR count). The van der Waals surface area contributed by atoms with Crippen molar-refractivity contribution < 1.29 is 4.74 Å². The second-order valence-corrected chi connectivity index (χ2v) is 6.17. The molecule has 1 aromatic heterocycles. The van der Waals surface area contributed by atoms with Crippen LogP contribution in [-0.4, -0.2) is 22.8 Å². The van der Waals surface area contributed by atoms with Crippen LogP contribution in [0.15, 0.2) is 24.3 Å². The lowest BCUT2D eigenvalue weighted by molar-refractivity contribution is 0.0300. The third-order valence-electron chi connectivity index (χ3n) is 4.05. The van der Waals surface area contributed by atoms with Crippen molar-refractivity contribution >= 4 is 22.6 Å². The van der Waals surface area contributed by atoms with Crippen LogP contribution in [0.3, 0.4) is 0 Å². The van der Waals surface area contributed by atoms with Gasteiger partial charge in [-0.1, -0.05) is 12.1 Å². The zero-order chi connectivity index (χ0) is 13.5. The number of alkyl halides is 1. The molecule has 1 saturated heterocycles. The molecule has 4 heteroatoms. The lowest BCUT2D eigenvalue weighted by atomic mass is 9.91. The predicted octanol–water partition coefficient (Wildman–Crippen LogP) is 3.86. The first-order chi connectivity index (χ1) is 9.12. The number of ether oxygens (including phenoxy) is 1. The van der Waals surface area contributed by atoms with Crippen molar-refractivity contribution in [1.82, 2.24) is 9.55 Å². The highest BCUT2D eigenvalue weighted by molar-refractivity contribution is 6.20. The van der Waals surface area contributed by atoms with Crippen LogP contribution < -0.4 is 0 Å². The molecule has 102 valence electrons. The third-order valence-corrected chi connectivity index (χ3v) is 4.25. The number of para-hydroxylation sites is 2. The van der Waals surface area contributed by atoms with Crippen LogP contribution in [0.4, 0.5) is 0 Å². The molecule has 1 aliphatic heterocycles. The van der Waals surface area contributed by atoms with Crippen LogP contribution in [0.1, 0.15) is 37.9 Å². The molecule has 2 aromatic rings. The molecule has 1 unspecified atom stereocenters. The van der Waals surface area contributed by atoms with Gasteiger partial charge in [0.1, 0.15) is 5.82 Å². The van der Waals surface area contributed by atoms with Gasteiger partial charge in [0.05, 0.1) is 16.4 Å². The highest BCUT2D eigenvalue weighted by atomic mass is 35.5. The summed E-state index contributed by atoms with van der Waals surface area (Å²) in [5.41, 5.74) is 2.25. The molecule has 0 aliphatic carbocycles. The van der Waals surface area contributed by atoms with Crippen LogP contribution in [0.25, 0.3) is 11.0 Å². The van der Waals surface area contributed by atoms with Crippen molar-refractivity contribution in [1.29, 1.82) is 0 Å². The van der Waals surface area contributed by atoms with Gasteiger partial charge < -0.3 is 9.30 Å². The van der Waals surface area contributed by atoms with Gasteiger partial charge >= 0.3 is 0 Å². The first-order valence-electron chi connectivity index (χ1n) is 6.81. The smallest absolute Gasteiger partial charge is 0.128 e. The summed E-state index contributed by atoms with van der Waals surface area (Å²) in [7, 11) is 0. The van der Waals surface area contributed by atoms with Gasteiger partial charge in [0.2, 0.25) is 0 Å². The van der Waals surface area contributed by atoms with Gasteiger partial charge in [-0.25, -0.2) is 4.98 Å². The molecule has 1 fully saturated rings. The molecule has 0 N–H and O–H groups in total. The van der Waals surface area contributed by atoms with E-state index in [9.17, 15) is 0 Å². The third kappa shape index (κ3) is 2.15. The molecule has 0 amide bonds. The minimum absolute atomic E-state index is 0.0484. The van der Waals surface area contributed by atoms with Crippen molar-refractivity contribution in [2.45, 2.75) is 37.6 Å². The van der Waals surface area contributed by atoms with E-state index in [1.165, 1.54) is 5.52 Å². The van der Waals surface area contributed by atoms with E-state index in [1.54, 1.807) is 0 Å². The van der Waals surface area contributed by atoms with Gasteiger partial charge in [-0.2, -0.15) is 0 Å². The maximum atomic E-state index is 6.35. The number of hydrogen-bond donors (Lipinski definition) is 0. The molecule has 1 aliphatic rings. The van der Waals surface area contributed by atoms with Crippen LogP contribution in [0, 0.1) is 0 Å². The minimum Gasteiger partial charge on any atom is -0.381 e. The van der Waals surface area contributed by atoms with Crippen LogP contribution >= 0.6 is 11.6 Å². The average molecular weight is 279 g/mol. The summed E-state index contributed by atoms with van der Waals surface area (Å²) >= 11 is 6.35. The Kier molecular flexibility index (Phi) is 3.27. The van der Waals surface area contributed by atoms with Crippen molar-refractivity contribution in [3.63, 3.8) is 0 Å². The molecule has 1 aromatic carbocycles. The fraction of sp³-hybridized carbons (Fsp3) is 0.533. The van der Waals surface area contributed by atoms with Gasteiger partial charge in [-0.15, -0.1) is 11.6 Å². The normalized spacial score (nSPS) is 20.6. The Balaban J connectivity index is 2.22. The fourth-order valence-corrected chi connectivity index (χ4v) is 3.06. The monoisotopic (exact) mass is 278 g/mol. The number of hydrogen-bond acceptors (Lipinski definition) is 2. The summed E-state index contributed by atoms with van der Waals surface area (Å²) in [5.74, 6) is 0.965. The number of aromatic nitrogens is 2. The van der Waals surface area contributed by atoms with Crippen LogP contribution in [0.2, 0.25) is 0 Å². The largest absolute Gasteiger partial charge is 0.381 e. The molecule has 1 atom stereocenters. The van der Waals surface area contributed by atoms with Crippen molar-refractivity contribution in [2.75, 3.05) is 13.2 Å². The molecular formula is C15H19ClN2O. The molecule has 19 heavy (non-hydrogen) atoms. The zero-order valence-corrected chi connectivity index (χ0v) is 12.2. The highest BCUT2D eigenvalue weighted by Gasteiger charge is 2.33. The highest BCUT2D eigenvalue weighted by Crippen LogP contribution is 2.36. The number of rotatable bonds is 2. The molecule has 0 bridgehead atoms. The molecule has 3 nitrogen and oxygen atoms in total. The number of fused-ring (bicyclic) bond motifs is 1. The molecule has 2 heterocycles. The lowest BCUT2D eigenvalue weighted by Gasteiger charge is -2.37. The van der Waals surface area contributed by atoms with Crippen molar-refractivity contribution in [3.8, 4) is 0 Å². The van der Waals surface area contributed by atoms with E-state index < -0.39 is 0 Å². The van der Waals surface area contributed by atoms with Gasteiger partial charge in [-0.05, 0) is 38.8 Å². The zero-order valence-electron chi connectivity index (χ0n) is 11.4. The molecule has 0 radical (unpaired) electrons. The van der Waals surface area contributed by atoms with E-state index >= 15 is 0 Å². The van der Waals surface area contributed by atoms with Gasteiger partial charge in [0, 0.05) is 18.8 Å². The van der Waals surface area contributed by atoms with Gasteiger partial charge in [0.15, 0.2) is 0 Å². The first kappa shape index (κ1) is 12.9. The minimum atomic E-state index is -0.0907. The van der Waals surface area contributed by atoms with Crippen molar-refractivity contribution in [2.24, 2.45) is 0 Å². The second kappa shape index (κ2) is 4.80. The van der Waals surface area contributed by atoms with E-state index in [0.29, 0.717) is 0 Å². The predicted molar refractivity (Wildman–Crippen MR) is 77.7 cm³/mol. The van der Waals surface area contributed by atoms with Crippen LogP contribution in [-0.2, 0) is 10.3 Å². The summed E-state index contributed by atoms with van der Waals surface area (Å²) in [4.78, 5) is 4.72. The van der Waals surface area contributed by atoms with Gasteiger partial charge in [-0.3, -0.25) is 0 Å². The van der Waals surface area contributed by atoms with E-state index in [-0.39, 0.29) is 10.9 Å². The van der Waals surface area contributed by atoms with Gasteiger partial charge in [0.25, 0.3) is 0 Å². The summed E-state index contributed by atoms with van der Waals surface area (Å²) in [6.45, 7) is 5.88. The maximum Gasteiger partial charge on any atom is 0.128 e. The molecule has 0 spiro atoms. The molecular weight excluding hydrogens is 260 g/mol. The number of halogens is 1. The second-order valence-electron chi connectivity index (χ2n) is 5.52. The van der Waals surface area contributed by atoms with E-state index in [0.717, 1.165) is 37.4 Å². The number of imidazole rings is 1. The average Bonchev–Trinajstić information content (AvgIpc) is 2.79. The Morgan fingerprint density at radius 1 is 1.32 bits per heavy atom. The van der Waals surface area contributed by atoms with E-state index in [4.69, 9.17) is 21.3 Å². The lowest BCUT2D eigenvalue weighted by Crippen LogP contribution is -2.37. The maximum absolute atomic E-state index is 6.35. The van der Waals surface area contributed by atoms with E-state index in [2.05, 4.69) is 29.7 Å². The Morgan fingerprint density at radius 3 is 2.68 bits per heavy atom. The summed E-state index contributed by atoms with van der Waals surface area (Å²) < 4.78 is 7.84. The SMILES string of the molecule is CC(Cl)c1nc2ccccc2n1C1(C)CCOCC1. The Morgan fingerprint density at radius 2 is 2.00 bits per heavy atom. The Labute approximate surface area is 118 Å². The standard InChI is InChI=1S/C15H19ClN2O/c1-11(16)14-17-12-5-3-4-6-13(12)18(14)15(2)7-9-19-10-8-15/h3-6,11H,7-10H2,1-2H3. The first-order valence-corrected chi connectivity index (χ1v) is 7.25. The van der Waals surface area contributed by atoms with E-state index in [1.807, 2.05) is 13.0 Å². The van der Waals surface area contributed by atoms with Crippen molar-refractivity contribution in [3.05, 3.63) is 30.1 Å². The Bertz CT molecular complexity index is 585. The van der Waals surface area contributed by atoms with Crippen LogP contribution in [0.5, 0.6) is 0 Å². The summed E-state index contributed by atoms with van der Waals surface area (Å²) in [6.07, 6.45) is 2.01. The summed E-state index contributed by atoms with van der Waals surface area (Å²) in [5, 5.41) is -0.0907. The summed E-state index contributed by atoms with van der Waals surface area (Å²) in [6, 6.07) is 8.27. The molecule has 0 saturated carbocycles. The number of benzene rings is 1. The Hall–Kier alpha value is -1.06. The quantitative estimate of drug-likeness (QED) is 0.780. The number of nitrogens with zero attached hydrogens (tertiary/aromatic N) is 2. The topological polar surface area (TPSA) is 27.1 Å².